The Balaban J connectivity index is 1.63. The Morgan fingerprint density at radius 3 is 2.82 bits per heavy atom. The highest BCUT2D eigenvalue weighted by Crippen LogP contribution is 2.27. The fourth-order valence-electron chi connectivity index (χ4n) is 2.52. The van der Waals surface area contributed by atoms with E-state index >= 15 is 0 Å². The summed E-state index contributed by atoms with van der Waals surface area (Å²) in [5, 5.41) is 10.6. The van der Waals surface area contributed by atoms with Crippen molar-refractivity contribution in [3.8, 4) is 5.69 Å². The summed E-state index contributed by atoms with van der Waals surface area (Å²) >= 11 is 0. The maximum absolute atomic E-state index is 11.9. The van der Waals surface area contributed by atoms with Crippen LogP contribution in [0.3, 0.4) is 0 Å². The molecule has 1 heterocycles. The Morgan fingerprint density at radius 2 is 2.14 bits per heavy atom. The number of anilines is 1. The first kappa shape index (κ1) is 14.8. The summed E-state index contributed by atoms with van der Waals surface area (Å²) in [6, 6.07) is 9.79. The fourth-order valence-corrected chi connectivity index (χ4v) is 2.52. The van der Waals surface area contributed by atoms with Crippen LogP contribution in [-0.4, -0.2) is 28.8 Å². The Morgan fingerprint density at radius 1 is 1.32 bits per heavy atom. The first-order chi connectivity index (χ1) is 10.6. The molecule has 1 aliphatic carbocycles. The topological polar surface area (TPSA) is 59.0 Å². The molecule has 116 valence electrons. The molecule has 5 nitrogen and oxygen atoms in total. The Hall–Kier alpha value is -2.14. The van der Waals surface area contributed by atoms with Gasteiger partial charge in [-0.3, -0.25) is 4.79 Å². The number of amides is 1. The fraction of sp³-hybridized carbons (Fsp3) is 0.412. The molecule has 1 aliphatic rings. The Labute approximate surface area is 130 Å². The van der Waals surface area contributed by atoms with E-state index < -0.39 is 0 Å². The van der Waals surface area contributed by atoms with Crippen molar-refractivity contribution in [1.82, 2.24) is 15.1 Å². The second-order valence-electron chi connectivity index (χ2n) is 6.01. The zero-order chi connectivity index (χ0) is 15.5. The van der Waals surface area contributed by atoms with Crippen LogP contribution in [0.1, 0.15) is 24.2 Å². The van der Waals surface area contributed by atoms with Crippen molar-refractivity contribution in [3.63, 3.8) is 0 Å². The summed E-state index contributed by atoms with van der Waals surface area (Å²) in [7, 11) is 0. The lowest BCUT2D eigenvalue weighted by atomic mass is 10.2. The van der Waals surface area contributed by atoms with E-state index in [1.165, 1.54) is 12.8 Å². The number of hydrogen-bond acceptors (Lipinski definition) is 3. The van der Waals surface area contributed by atoms with Crippen LogP contribution < -0.4 is 10.6 Å². The lowest BCUT2D eigenvalue weighted by Crippen LogP contribution is -2.29. The van der Waals surface area contributed by atoms with Crippen LogP contribution >= 0.6 is 0 Å². The van der Waals surface area contributed by atoms with Crippen molar-refractivity contribution in [2.75, 3.05) is 18.4 Å². The van der Waals surface area contributed by atoms with Gasteiger partial charge in [-0.25, -0.2) is 4.68 Å². The molecule has 1 aromatic carbocycles. The first-order valence-corrected chi connectivity index (χ1v) is 7.76. The normalized spacial score (nSPS) is 14.1. The highest BCUT2D eigenvalue weighted by molar-refractivity contribution is 5.92. The van der Waals surface area contributed by atoms with Gasteiger partial charge < -0.3 is 10.6 Å². The number of carbonyl (C=O) groups excluding carboxylic acids is 1. The van der Waals surface area contributed by atoms with Crippen LogP contribution in [0.25, 0.3) is 5.69 Å². The third-order valence-electron chi connectivity index (χ3n) is 3.80. The lowest BCUT2D eigenvalue weighted by molar-refractivity contribution is -0.115. The van der Waals surface area contributed by atoms with E-state index in [0.717, 1.165) is 35.2 Å². The molecule has 1 fully saturated rings. The highest BCUT2D eigenvalue weighted by atomic mass is 16.1. The molecule has 0 atom stereocenters. The summed E-state index contributed by atoms with van der Waals surface area (Å²) in [5.74, 6) is 0.772. The van der Waals surface area contributed by atoms with Crippen LogP contribution in [0.4, 0.5) is 5.69 Å². The largest absolute Gasteiger partial charge is 0.325 e. The molecule has 2 aromatic rings. The summed E-state index contributed by atoms with van der Waals surface area (Å²) in [6.07, 6.45) is 2.58. The van der Waals surface area contributed by atoms with Gasteiger partial charge in [0.05, 0.1) is 17.9 Å². The molecule has 1 amide bonds. The molecule has 0 unspecified atom stereocenters. The quantitative estimate of drug-likeness (QED) is 0.861. The number of nitrogens with one attached hydrogen (secondary N) is 2. The van der Waals surface area contributed by atoms with Crippen LogP contribution in [-0.2, 0) is 4.79 Å². The van der Waals surface area contributed by atoms with E-state index in [0.29, 0.717) is 6.54 Å². The first-order valence-electron chi connectivity index (χ1n) is 7.76. The molecule has 22 heavy (non-hydrogen) atoms. The minimum atomic E-state index is -0.00818. The second-order valence-corrected chi connectivity index (χ2v) is 6.01. The van der Waals surface area contributed by atoms with Crippen molar-refractivity contribution in [2.24, 2.45) is 5.92 Å². The number of carbonyl (C=O) groups is 1. The third-order valence-corrected chi connectivity index (χ3v) is 3.80. The standard InChI is InChI=1S/C17H22N4O/c1-12-8-13(2)21(20-12)16-5-3-4-15(9-16)19-17(22)11-18-10-14-6-7-14/h3-5,8-9,14,18H,6-7,10-11H2,1-2H3,(H,19,22). The lowest BCUT2D eigenvalue weighted by Gasteiger charge is -2.09. The number of aromatic nitrogens is 2. The van der Waals surface area contributed by atoms with Crippen molar-refractivity contribution in [3.05, 3.63) is 41.7 Å². The van der Waals surface area contributed by atoms with Crippen LogP contribution in [0.2, 0.25) is 0 Å². The van der Waals surface area contributed by atoms with Crippen molar-refractivity contribution >= 4 is 11.6 Å². The number of hydrogen-bond donors (Lipinski definition) is 2. The summed E-state index contributed by atoms with van der Waals surface area (Å²) in [4.78, 5) is 11.9. The monoisotopic (exact) mass is 298 g/mol. The Bertz CT molecular complexity index is 673. The number of nitrogens with zero attached hydrogens (tertiary/aromatic N) is 2. The van der Waals surface area contributed by atoms with Gasteiger partial charge in [0.25, 0.3) is 0 Å². The third kappa shape index (κ3) is 3.74. The summed E-state index contributed by atoms with van der Waals surface area (Å²) in [5.41, 5.74) is 3.81. The smallest absolute Gasteiger partial charge is 0.238 e. The van der Waals surface area contributed by atoms with Crippen LogP contribution in [0.5, 0.6) is 0 Å². The van der Waals surface area contributed by atoms with Crippen LogP contribution in [0, 0.1) is 19.8 Å². The molecule has 0 aliphatic heterocycles. The number of rotatable bonds is 6. The maximum Gasteiger partial charge on any atom is 0.238 e. The zero-order valence-electron chi connectivity index (χ0n) is 13.1. The van der Waals surface area contributed by atoms with E-state index in [1.54, 1.807) is 0 Å². The molecular weight excluding hydrogens is 276 g/mol. The van der Waals surface area contributed by atoms with Gasteiger partial charge in [-0.2, -0.15) is 5.10 Å². The molecule has 0 bridgehead atoms. The van der Waals surface area contributed by atoms with Crippen molar-refractivity contribution < 1.29 is 4.79 Å². The second kappa shape index (κ2) is 6.32. The van der Waals surface area contributed by atoms with Gasteiger partial charge in [-0.05, 0) is 63.4 Å². The maximum atomic E-state index is 11.9. The molecule has 5 heteroatoms. The predicted octanol–water partition coefficient (Wildman–Crippen LogP) is 2.43. The molecule has 2 N–H and O–H groups in total. The number of aryl methyl sites for hydroxylation is 2. The summed E-state index contributed by atoms with van der Waals surface area (Å²) < 4.78 is 1.89. The highest BCUT2D eigenvalue weighted by Gasteiger charge is 2.20. The van der Waals surface area contributed by atoms with Crippen LogP contribution in [0.15, 0.2) is 30.3 Å². The van der Waals surface area contributed by atoms with E-state index in [2.05, 4.69) is 15.7 Å². The SMILES string of the molecule is Cc1cc(C)n(-c2cccc(NC(=O)CNCC3CC3)c2)n1. The van der Waals surface area contributed by atoms with Gasteiger partial charge in [0.1, 0.15) is 0 Å². The molecule has 0 spiro atoms. The average Bonchev–Trinajstić information content (AvgIpc) is 3.23. The van der Waals surface area contributed by atoms with E-state index in [-0.39, 0.29) is 5.91 Å². The Kier molecular flexibility index (Phi) is 4.24. The molecule has 0 radical (unpaired) electrons. The zero-order valence-corrected chi connectivity index (χ0v) is 13.1. The predicted molar refractivity (Wildman–Crippen MR) is 87.3 cm³/mol. The van der Waals surface area contributed by atoms with Gasteiger partial charge in [0.15, 0.2) is 0 Å². The van der Waals surface area contributed by atoms with E-state index in [9.17, 15) is 4.79 Å². The van der Waals surface area contributed by atoms with Crippen molar-refractivity contribution in [1.29, 1.82) is 0 Å². The molecular formula is C17H22N4O. The van der Waals surface area contributed by atoms with Crippen molar-refractivity contribution in [2.45, 2.75) is 26.7 Å². The van der Waals surface area contributed by atoms with E-state index in [1.807, 2.05) is 48.9 Å². The van der Waals surface area contributed by atoms with Gasteiger partial charge >= 0.3 is 0 Å². The van der Waals surface area contributed by atoms with Gasteiger partial charge in [0.2, 0.25) is 5.91 Å². The average molecular weight is 298 g/mol. The molecule has 3 rings (SSSR count). The number of benzene rings is 1. The minimum absolute atomic E-state index is 0.00818. The molecule has 1 saturated carbocycles. The summed E-state index contributed by atoms with van der Waals surface area (Å²) in [6.45, 7) is 5.30. The van der Waals surface area contributed by atoms with Gasteiger partial charge in [-0.1, -0.05) is 6.07 Å². The van der Waals surface area contributed by atoms with Gasteiger partial charge in [-0.15, -0.1) is 0 Å². The molecule has 1 aromatic heterocycles. The van der Waals surface area contributed by atoms with Gasteiger partial charge in [0, 0.05) is 11.4 Å². The minimum Gasteiger partial charge on any atom is -0.325 e. The molecule has 0 saturated heterocycles. The van der Waals surface area contributed by atoms with E-state index in [4.69, 9.17) is 0 Å².